The van der Waals surface area contributed by atoms with Gasteiger partial charge in [-0.05, 0) is 37.1 Å². The molecule has 0 aliphatic carbocycles. The Kier molecular flexibility index (Phi) is 5.54. The molecule has 0 atom stereocenters. The average molecular weight is 454 g/mol. The van der Waals surface area contributed by atoms with Crippen LogP contribution in [0.25, 0.3) is 0 Å². The molecule has 6 N–H and O–H groups in total. The largest absolute Gasteiger partial charge is 0.382 e. The van der Waals surface area contributed by atoms with Gasteiger partial charge in [-0.25, -0.2) is 9.97 Å². The number of halogens is 1. The van der Waals surface area contributed by atoms with Crippen LogP contribution in [0.4, 0.5) is 11.6 Å². The molecule has 12 heteroatoms. The van der Waals surface area contributed by atoms with Crippen molar-refractivity contribution in [1.82, 2.24) is 25.5 Å². The normalized spacial score (nSPS) is 18.1. The molecule has 0 saturated carbocycles. The summed E-state index contributed by atoms with van der Waals surface area (Å²) in [6.45, 7) is 1.64. The number of likely N-dealkylation sites (tertiary alicyclic amines) is 1. The first-order valence-electron chi connectivity index (χ1n) is 9.83. The number of hydrogen-bond acceptors (Lipinski definition) is 7. The molecule has 2 saturated heterocycles. The van der Waals surface area contributed by atoms with Crippen LogP contribution in [0.1, 0.15) is 39.3 Å². The third-order valence-corrected chi connectivity index (χ3v) is 5.85. The molecule has 1 aromatic heterocycles. The number of nitrogens with two attached hydrogens (primary N) is 2. The Labute approximate surface area is 188 Å². The molecule has 2 aliphatic rings. The molecule has 0 bridgehead atoms. The minimum atomic E-state index is -0.697. The number of carbonyl (C=O) groups excluding carboxylic acids is 2. The van der Waals surface area contributed by atoms with E-state index in [-0.39, 0.29) is 33.9 Å². The number of amides is 2. The van der Waals surface area contributed by atoms with Gasteiger partial charge in [-0.3, -0.25) is 9.59 Å². The van der Waals surface area contributed by atoms with Crippen LogP contribution in [0.3, 0.4) is 0 Å². The average Bonchev–Trinajstić information content (AvgIpc) is 3.18. The Morgan fingerprint density at radius 2 is 1.84 bits per heavy atom. The van der Waals surface area contributed by atoms with Crippen molar-refractivity contribution < 1.29 is 9.59 Å². The fourth-order valence-corrected chi connectivity index (χ4v) is 3.85. The zero-order chi connectivity index (χ0) is 22.9. The van der Waals surface area contributed by atoms with E-state index < -0.39 is 5.91 Å². The van der Waals surface area contributed by atoms with Crippen LogP contribution in [0.5, 0.6) is 0 Å². The van der Waals surface area contributed by atoms with Crippen LogP contribution in [-0.4, -0.2) is 57.8 Å². The van der Waals surface area contributed by atoms with Crippen molar-refractivity contribution in [2.45, 2.75) is 18.4 Å². The fraction of sp³-hybridized carbons (Fsp3) is 0.300. The van der Waals surface area contributed by atoms with E-state index in [2.05, 4.69) is 25.6 Å². The van der Waals surface area contributed by atoms with Gasteiger partial charge in [-0.1, -0.05) is 11.6 Å². The Bertz CT molecular complexity index is 1150. The van der Waals surface area contributed by atoms with Crippen molar-refractivity contribution in [2.24, 2.45) is 4.99 Å². The third kappa shape index (κ3) is 4.13. The van der Waals surface area contributed by atoms with Crippen LogP contribution in [0.2, 0.25) is 5.15 Å². The van der Waals surface area contributed by atoms with Crippen molar-refractivity contribution in [3.63, 3.8) is 0 Å². The highest BCUT2D eigenvalue weighted by Crippen LogP contribution is 2.26. The number of nitriles is 1. The molecule has 4 rings (SSSR count). The lowest BCUT2D eigenvalue weighted by Crippen LogP contribution is -2.53. The molecular formula is C20H20ClN9O2. The number of anilines is 2. The van der Waals surface area contributed by atoms with Gasteiger partial charge in [0.25, 0.3) is 5.91 Å². The third-order valence-electron chi connectivity index (χ3n) is 5.57. The number of benzene rings is 1. The molecule has 164 valence electrons. The SMILES string of the molecule is N#Cc1ccc(C(=O)N2CCC3(CC2)CN/C(=N\C(=O)c2nc(Cl)c(N)nc2N)N3)cc1. The topological polar surface area (TPSA) is 175 Å². The van der Waals surface area contributed by atoms with Crippen LogP contribution in [0.15, 0.2) is 29.3 Å². The van der Waals surface area contributed by atoms with Gasteiger partial charge in [0.05, 0.1) is 17.2 Å². The van der Waals surface area contributed by atoms with Crippen LogP contribution in [0, 0.1) is 11.3 Å². The predicted octanol–water partition coefficient (Wildman–Crippen LogP) is 0.530. The second-order valence-corrected chi connectivity index (χ2v) is 8.00. The monoisotopic (exact) mass is 453 g/mol. The summed E-state index contributed by atoms with van der Waals surface area (Å²) >= 11 is 5.83. The summed E-state index contributed by atoms with van der Waals surface area (Å²) in [5, 5.41) is 15.1. The van der Waals surface area contributed by atoms with Gasteiger partial charge in [-0.2, -0.15) is 10.3 Å². The lowest BCUT2D eigenvalue weighted by atomic mass is 9.88. The summed E-state index contributed by atoms with van der Waals surface area (Å²) in [5.74, 6) is -0.683. The number of nitrogen functional groups attached to an aromatic ring is 2. The summed E-state index contributed by atoms with van der Waals surface area (Å²) in [4.78, 5) is 38.7. The number of rotatable bonds is 2. The molecule has 32 heavy (non-hydrogen) atoms. The van der Waals surface area contributed by atoms with E-state index in [1.165, 1.54) is 0 Å². The molecule has 0 unspecified atom stereocenters. The molecule has 2 fully saturated rings. The zero-order valence-electron chi connectivity index (χ0n) is 16.9. The highest BCUT2D eigenvalue weighted by atomic mass is 35.5. The van der Waals surface area contributed by atoms with E-state index in [0.717, 1.165) is 0 Å². The Morgan fingerprint density at radius 3 is 2.50 bits per heavy atom. The van der Waals surface area contributed by atoms with E-state index in [4.69, 9.17) is 28.3 Å². The van der Waals surface area contributed by atoms with Gasteiger partial charge in [0.1, 0.15) is 0 Å². The van der Waals surface area contributed by atoms with E-state index >= 15 is 0 Å². The number of aliphatic imine (C=N–C) groups is 1. The lowest BCUT2D eigenvalue weighted by Gasteiger charge is -2.38. The lowest BCUT2D eigenvalue weighted by molar-refractivity contribution is 0.0669. The van der Waals surface area contributed by atoms with Crippen molar-refractivity contribution >= 4 is 41.0 Å². The van der Waals surface area contributed by atoms with Gasteiger partial charge >= 0.3 is 5.91 Å². The van der Waals surface area contributed by atoms with Crippen LogP contribution in [-0.2, 0) is 0 Å². The minimum absolute atomic E-state index is 0.0632. The minimum Gasteiger partial charge on any atom is -0.382 e. The number of guanidine groups is 1. The predicted molar refractivity (Wildman–Crippen MR) is 118 cm³/mol. The number of hydrogen-bond donors (Lipinski definition) is 4. The molecule has 3 heterocycles. The van der Waals surface area contributed by atoms with E-state index in [0.29, 0.717) is 49.6 Å². The molecule has 1 spiro atoms. The molecule has 11 nitrogen and oxygen atoms in total. The summed E-state index contributed by atoms with van der Waals surface area (Å²) in [7, 11) is 0. The zero-order valence-corrected chi connectivity index (χ0v) is 17.7. The van der Waals surface area contributed by atoms with E-state index in [9.17, 15) is 9.59 Å². The highest BCUT2D eigenvalue weighted by molar-refractivity contribution is 6.31. The van der Waals surface area contributed by atoms with Crippen molar-refractivity contribution in [2.75, 3.05) is 31.1 Å². The second-order valence-electron chi connectivity index (χ2n) is 7.64. The molecule has 0 radical (unpaired) electrons. The molecule has 2 aromatic rings. The second kappa shape index (κ2) is 8.32. The first kappa shape index (κ1) is 21.3. The van der Waals surface area contributed by atoms with Crippen molar-refractivity contribution in [1.29, 1.82) is 5.26 Å². The van der Waals surface area contributed by atoms with Gasteiger partial charge < -0.3 is 27.0 Å². The molecular weight excluding hydrogens is 434 g/mol. The van der Waals surface area contributed by atoms with E-state index in [1.807, 2.05) is 6.07 Å². The smallest absolute Gasteiger partial charge is 0.302 e. The van der Waals surface area contributed by atoms with E-state index in [1.54, 1.807) is 29.2 Å². The maximum Gasteiger partial charge on any atom is 0.302 e. The van der Waals surface area contributed by atoms with Crippen LogP contribution >= 0.6 is 11.6 Å². The number of piperidine rings is 1. The number of aromatic nitrogens is 2. The molecule has 2 aliphatic heterocycles. The maximum absolute atomic E-state index is 12.7. The quantitative estimate of drug-likeness (QED) is 0.505. The number of nitrogens with zero attached hydrogens (tertiary/aromatic N) is 5. The van der Waals surface area contributed by atoms with Gasteiger partial charge in [0, 0.05) is 25.2 Å². The van der Waals surface area contributed by atoms with Gasteiger partial charge in [0.15, 0.2) is 28.4 Å². The fourth-order valence-electron chi connectivity index (χ4n) is 3.72. The number of nitrogens with one attached hydrogen (secondary N) is 2. The Balaban J connectivity index is 1.39. The summed E-state index contributed by atoms with van der Waals surface area (Å²) < 4.78 is 0. The molecule has 2 amide bonds. The maximum atomic E-state index is 12.7. The Morgan fingerprint density at radius 1 is 1.16 bits per heavy atom. The molecule has 1 aromatic carbocycles. The first-order chi connectivity index (χ1) is 15.3. The van der Waals surface area contributed by atoms with Crippen molar-refractivity contribution in [3.05, 3.63) is 46.2 Å². The summed E-state index contributed by atoms with van der Waals surface area (Å²) in [6, 6.07) is 8.63. The standard InChI is InChI=1S/C20H20ClN9O2/c21-14-16(24)27-15(23)13(26-14)17(31)28-19-25-10-20(29-19)5-7-30(8-6-20)18(32)12-3-1-11(9-22)2-4-12/h1-4H,5-8,10H2,(H4,23,24,27)(H2,25,28,29,31). The van der Waals surface area contributed by atoms with Gasteiger partial charge in [0.2, 0.25) is 0 Å². The van der Waals surface area contributed by atoms with Crippen molar-refractivity contribution in [3.8, 4) is 6.07 Å². The summed E-state index contributed by atoms with van der Waals surface area (Å²) in [6.07, 6.45) is 1.34. The Hall–Kier alpha value is -3.91. The number of carbonyl (C=O) groups is 2. The highest BCUT2D eigenvalue weighted by Gasteiger charge is 2.40. The first-order valence-corrected chi connectivity index (χ1v) is 10.2. The summed E-state index contributed by atoms with van der Waals surface area (Å²) in [5.41, 5.74) is 11.8. The van der Waals surface area contributed by atoms with Crippen LogP contribution < -0.4 is 22.1 Å². The van der Waals surface area contributed by atoms with Gasteiger partial charge in [-0.15, -0.1) is 0 Å².